The number of rotatable bonds is 4. The third kappa shape index (κ3) is 4.02. The van der Waals surface area contributed by atoms with Gasteiger partial charge in [0.1, 0.15) is 0 Å². The van der Waals surface area contributed by atoms with E-state index in [1.54, 1.807) is 23.5 Å². The second-order valence-corrected chi connectivity index (χ2v) is 6.82. The topological polar surface area (TPSA) is 48.5 Å². The van der Waals surface area contributed by atoms with Crippen molar-refractivity contribution in [1.82, 2.24) is 9.88 Å². The summed E-state index contributed by atoms with van der Waals surface area (Å²) in [4.78, 5) is 21.2. The number of aromatic nitrogens is 1. The van der Waals surface area contributed by atoms with E-state index in [-0.39, 0.29) is 11.9 Å². The van der Waals surface area contributed by atoms with Crippen molar-refractivity contribution in [1.29, 1.82) is 0 Å². The predicted molar refractivity (Wildman–Crippen MR) is 95.4 cm³/mol. The fourth-order valence-corrected chi connectivity index (χ4v) is 3.44. The molecule has 122 valence electrons. The molecule has 23 heavy (non-hydrogen) atoms. The van der Waals surface area contributed by atoms with E-state index in [0.29, 0.717) is 5.02 Å². The largest absolute Gasteiger partial charge is 0.346 e. The Morgan fingerprint density at radius 2 is 1.96 bits per heavy atom. The Hall–Kier alpha value is -1.63. The first-order valence-electron chi connectivity index (χ1n) is 7.58. The fourth-order valence-electron chi connectivity index (χ4n) is 2.62. The summed E-state index contributed by atoms with van der Waals surface area (Å²) in [6.45, 7) is 5.45. The zero-order valence-corrected chi connectivity index (χ0v) is 14.5. The maximum atomic E-state index is 12.4. The first-order chi connectivity index (χ1) is 11.1. The van der Waals surface area contributed by atoms with Crippen molar-refractivity contribution in [2.45, 2.75) is 13.0 Å². The van der Waals surface area contributed by atoms with Gasteiger partial charge in [-0.3, -0.25) is 9.69 Å². The van der Waals surface area contributed by atoms with Gasteiger partial charge >= 0.3 is 0 Å². The van der Waals surface area contributed by atoms with E-state index in [1.807, 2.05) is 30.6 Å². The second-order valence-electron chi connectivity index (χ2n) is 5.51. The molecule has 1 unspecified atom stereocenters. The van der Waals surface area contributed by atoms with E-state index < -0.39 is 0 Å². The minimum absolute atomic E-state index is 0.00928. The molecular weight excluding hydrogens is 332 g/mol. The summed E-state index contributed by atoms with van der Waals surface area (Å²) in [5, 5.41) is 6.65. The van der Waals surface area contributed by atoms with Crippen molar-refractivity contribution < 1.29 is 4.79 Å². The Labute approximate surface area is 144 Å². The Morgan fingerprint density at radius 1 is 1.26 bits per heavy atom. The number of benzene rings is 1. The van der Waals surface area contributed by atoms with Crippen LogP contribution in [-0.4, -0.2) is 48.0 Å². The van der Waals surface area contributed by atoms with Gasteiger partial charge in [0.05, 0.1) is 6.04 Å². The molecule has 2 aromatic rings. The number of hydrogen-bond acceptors (Lipinski definition) is 5. The number of hydrogen-bond donors (Lipinski definition) is 1. The van der Waals surface area contributed by atoms with Crippen molar-refractivity contribution in [3.05, 3.63) is 40.9 Å². The molecule has 1 aliphatic heterocycles. The van der Waals surface area contributed by atoms with Gasteiger partial charge in [0.2, 0.25) is 5.91 Å². The van der Waals surface area contributed by atoms with E-state index in [1.165, 1.54) is 0 Å². The first-order valence-corrected chi connectivity index (χ1v) is 8.84. The van der Waals surface area contributed by atoms with Crippen LogP contribution in [0.1, 0.15) is 6.92 Å². The van der Waals surface area contributed by atoms with E-state index in [2.05, 4.69) is 20.1 Å². The highest BCUT2D eigenvalue weighted by molar-refractivity contribution is 7.13. The second kappa shape index (κ2) is 7.29. The average molecular weight is 351 g/mol. The van der Waals surface area contributed by atoms with Gasteiger partial charge in [-0.25, -0.2) is 4.98 Å². The van der Waals surface area contributed by atoms with Gasteiger partial charge in [-0.15, -0.1) is 11.3 Å². The SMILES string of the molecule is CC(C(=O)Nc1ccc(Cl)cc1)N1CCN(c2nccs2)CC1. The molecule has 1 aliphatic rings. The molecular formula is C16H19ClN4OS. The van der Waals surface area contributed by atoms with Crippen molar-refractivity contribution in [3.8, 4) is 0 Å². The number of carbonyl (C=O) groups is 1. The van der Waals surface area contributed by atoms with Crippen molar-refractivity contribution >= 4 is 39.7 Å². The van der Waals surface area contributed by atoms with Crippen LogP contribution in [0.2, 0.25) is 5.02 Å². The maximum Gasteiger partial charge on any atom is 0.241 e. The third-order valence-electron chi connectivity index (χ3n) is 4.04. The lowest BCUT2D eigenvalue weighted by atomic mass is 10.2. The molecule has 0 bridgehead atoms. The molecule has 3 rings (SSSR count). The number of carbonyl (C=O) groups excluding carboxylic acids is 1. The van der Waals surface area contributed by atoms with Gasteiger partial charge < -0.3 is 10.2 Å². The van der Waals surface area contributed by atoms with Crippen molar-refractivity contribution in [3.63, 3.8) is 0 Å². The summed E-state index contributed by atoms with van der Waals surface area (Å²) in [5.41, 5.74) is 0.771. The monoisotopic (exact) mass is 350 g/mol. The van der Waals surface area contributed by atoms with Gasteiger partial charge in [-0.2, -0.15) is 0 Å². The third-order valence-corrected chi connectivity index (χ3v) is 5.13. The molecule has 1 atom stereocenters. The Bertz CT molecular complexity index is 639. The average Bonchev–Trinajstić information content (AvgIpc) is 3.11. The van der Waals surface area contributed by atoms with Crippen LogP contribution >= 0.6 is 22.9 Å². The molecule has 7 heteroatoms. The van der Waals surface area contributed by atoms with E-state index in [0.717, 1.165) is 37.0 Å². The van der Waals surface area contributed by atoms with Gasteiger partial charge in [-0.1, -0.05) is 11.6 Å². The molecule has 5 nitrogen and oxygen atoms in total. The van der Waals surface area contributed by atoms with Crippen LogP contribution in [0.3, 0.4) is 0 Å². The highest BCUT2D eigenvalue weighted by Crippen LogP contribution is 2.20. The number of piperazine rings is 1. The van der Waals surface area contributed by atoms with Crippen LogP contribution in [-0.2, 0) is 4.79 Å². The molecule has 0 radical (unpaired) electrons. The Morgan fingerprint density at radius 3 is 2.57 bits per heavy atom. The predicted octanol–water partition coefficient (Wildman–Crippen LogP) is 2.95. The van der Waals surface area contributed by atoms with E-state index >= 15 is 0 Å². The minimum Gasteiger partial charge on any atom is -0.346 e. The lowest BCUT2D eigenvalue weighted by molar-refractivity contribution is -0.120. The van der Waals surface area contributed by atoms with Gasteiger partial charge in [0.25, 0.3) is 0 Å². The molecule has 0 aliphatic carbocycles. The first kappa shape index (κ1) is 16.2. The van der Waals surface area contributed by atoms with Crippen molar-refractivity contribution in [2.75, 3.05) is 36.4 Å². The van der Waals surface area contributed by atoms with Crippen LogP contribution in [0.4, 0.5) is 10.8 Å². The summed E-state index contributed by atoms with van der Waals surface area (Å²) in [6, 6.07) is 7.01. The molecule has 1 N–H and O–H groups in total. The van der Waals surface area contributed by atoms with Crippen LogP contribution in [0, 0.1) is 0 Å². The quantitative estimate of drug-likeness (QED) is 0.921. The lowest BCUT2D eigenvalue weighted by Crippen LogP contribution is -2.52. The molecule has 1 aromatic carbocycles. The van der Waals surface area contributed by atoms with Gasteiger partial charge in [0.15, 0.2) is 5.13 Å². The number of halogens is 1. The molecule has 1 fully saturated rings. The highest BCUT2D eigenvalue weighted by atomic mass is 35.5. The normalized spacial score (nSPS) is 17.0. The molecule has 1 saturated heterocycles. The zero-order valence-electron chi connectivity index (χ0n) is 12.9. The molecule has 0 spiro atoms. The highest BCUT2D eigenvalue weighted by Gasteiger charge is 2.26. The summed E-state index contributed by atoms with van der Waals surface area (Å²) < 4.78 is 0. The Balaban J connectivity index is 1.53. The standard InChI is InChI=1S/C16H19ClN4OS/c1-12(15(22)19-14-4-2-13(17)3-5-14)20-7-9-21(10-8-20)16-18-6-11-23-16/h2-6,11-12H,7-10H2,1H3,(H,19,22). The summed E-state index contributed by atoms with van der Waals surface area (Å²) in [7, 11) is 0. The minimum atomic E-state index is -0.163. The smallest absolute Gasteiger partial charge is 0.241 e. The number of nitrogens with one attached hydrogen (secondary N) is 1. The number of thiazole rings is 1. The van der Waals surface area contributed by atoms with E-state index in [9.17, 15) is 4.79 Å². The Kier molecular flexibility index (Phi) is 5.15. The summed E-state index contributed by atoms with van der Waals surface area (Å²) in [6.07, 6.45) is 1.83. The molecule has 2 heterocycles. The molecule has 0 saturated carbocycles. The lowest BCUT2D eigenvalue weighted by Gasteiger charge is -2.37. The maximum absolute atomic E-state index is 12.4. The van der Waals surface area contributed by atoms with Crippen molar-refractivity contribution in [2.24, 2.45) is 0 Å². The summed E-state index contributed by atoms with van der Waals surface area (Å²) in [5.74, 6) is 0.00928. The zero-order chi connectivity index (χ0) is 16.2. The molecule has 1 aromatic heterocycles. The molecule has 1 amide bonds. The van der Waals surface area contributed by atoms with Crippen LogP contribution in [0.25, 0.3) is 0 Å². The van der Waals surface area contributed by atoms with E-state index in [4.69, 9.17) is 11.6 Å². The number of anilines is 2. The fraction of sp³-hybridized carbons (Fsp3) is 0.375. The van der Waals surface area contributed by atoms with Crippen LogP contribution in [0.5, 0.6) is 0 Å². The van der Waals surface area contributed by atoms with Crippen LogP contribution in [0.15, 0.2) is 35.8 Å². The number of amides is 1. The van der Waals surface area contributed by atoms with Gasteiger partial charge in [-0.05, 0) is 31.2 Å². The summed E-state index contributed by atoms with van der Waals surface area (Å²) >= 11 is 7.51. The number of nitrogens with zero attached hydrogens (tertiary/aromatic N) is 3. The van der Waals surface area contributed by atoms with Crippen LogP contribution < -0.4 is 10.2 Å². The van der Waals surface area contributed by atoms with Gasteiger partial charge in [0, 0.05) is 48.5 Å².